The Morgan fingerprint density at radius 3 is 2.46 bits per heavy atom. The molecule has 1 aromatic heterocycles. The van der Waals surface area contributed by atoms with Gasteiger partial charge in [0.25, 0.3) is 5.69 Å². The van der Waals surface area contributed by atoms with Gasteiger partial charge in [-0.3, -0.25) is 14.9 Å². The fraction of sp³-hybridized carbons (Fsp3) is 0.105. The molecule has 0 aliphatic heterocycles. The van der Waals surface area contributed by atoms with Crippen LogP contribution in [0.3, 0.4) is 0 Å². The monoisotopic (exact) mass is 390 g/mol. The van der Waals surface area contributed by atoms with Crippen molar-refractivity contribution < 1.29 is 22.8 Å². The zero-order valence-electron chi connectivity index (χ0n) is 14.4. The van der Waals surface area contributed by atoms with Crippen molar-refractivity contribution in [1.29, 1.82) is 0 Å². The third kappa shape index (κ3) is 4.03. The molecule has 0 aliphatic rings. The van der Waals surface area contributed by atoms with Crippen molar-refractivity contribution in [3.8, 4) is 22.6 Å². The maximum atomic E-state index is 12.9. The molecule has 0 saturated heterocycles. The third-order valence-electron chi connectivity index (χ3n) is 3.96. The molecule has 9 heteroatoms. The first-order valence-corrected chi connectivity index (χ1v) is 7.96. The van der Waals surface area contributed by atoms with Crippen LogP contribution in [0.2, 0.25) is 0 Å². The Labute approximate surface area is 156 Å². The summed E-state index contributed by atoms with van der Waals surface area (Å²) in [5.74, 6) is 0.0401. The number of nitrogens with zero attached hydrogens (tertiary/aromatic N) is 2. The second kappa shape index (κ2) is 7.18. The quantitative estimate of drug-likeness (QED) is 0.475. The molecule has 0 N–H and O–H groups in total. The Morgan fingerprint density at radius 1 is 1.07 bits per heavy atom. The van der Waals surface area contributed by atoms with Gasteiger partial charge in [0, 0.05) is 42.6 Å². The van der Waals surface area contributed by atoms with E-state index in [1.54, 1.807) is 0 Å². The molecule has 3 aromatic rings. The summed E-state index contributed by atoms with van der Waals surface area (Å²) in [6.07, 6.45) is -3.07. The average Bonchev–Trinajstić information content (AvgIpc) is 2.64. The van der Waals surface area contributed by atoms with Crippen LogP contribution in [-0.4, -0.2) is 9.49 Å². The SMILES string of the molecule is Cn1cc(-c2cc([N+](=O)[O-])ccc2Oc2cccc(C(F)(F)F)c2)ccc1=O. The van der Waals surface area contributed by atoms with E-state index in [4.69, 9.17) is 4.74 Å². The largest absolute Gasteiger partial charge is 0.457 e. The van der Waals surface area contributed by atoms with E-state index in [-0.39, 0.29) is 28.3 Å². The molecule has 0 aliphatic carbocycles. The summed E-state index contributed by atoms with van der Waals surface area (Å²) >= 11 is 0. The smallest absolute Gasteiger partial charge is 0.416 e. The van der Waals surface area contributed by atoms with Crippen molar-refractivity contribution >= 4 is 5.69 Å². The van der Waals surface area contributed by atoms with E-state index in [0.29, 0.717) is 5.56 Å². The Kier molecular flexibility index (Phi) is 4.91. The number of halogens is 3. The number of aromatic nitrogens is 1. The highest BCUT2D eigenvalue weighted by Gasteiger charge is 2.30. The van der Waals surface area contributed by atoms with Crippen molar-refractivity contribution in [2.24, 2.45) is 7.05 Å². The highest BCUT2D eigenvalue weighted by molar-refractivity contribution is 5.72. The number of alkyl halides is 3. The molecule has 0 fully saturated rings. The summed E-state index contributed by atoms with van der Waals surface area (Å²) in [4.78, 5) is 22.1. The van der Waals surface area contributed by atoms with Crippen LogP contribution < -0.4 is 10.3 Å². The van der Waals surface area contributed by atoms with Crippen LogP contribution >= 0.6 is 0 Å². The Bertz CT molecular complexity index is 1110. The van der Waals surface area contributed by atoms with E-state index in [9.17, 15) is 28.1 Å². The Balaban J connectivity index is 2.09. The van der Waals surface area contributed by atoms with Crippen molar-refractivity contribution in [2.45, 2.75) is 6.18 Å². The number of non-ortho nitro benzene ring substituents is 1. The molecule has 0 spiro atoms. The van der Waals surface area contributed by atoms with Crippen LogP contribution in [0.25, 0.3) is 11.1 Å². The average molecular weight is 390 g/mol. The van der Waals surface area contributed by atoms with Gasteiger partial charge in [0.05, 0.1) is 10.5 Å². The summed E-state index contributed by atoms with van der Waals surface area (Å²) in [7, 11) is 1.51. The number of hydrogen-bond acceptors (Lipinski definition) is 4. The number of nitro benzene ring substituents is 1. The minimum absolute atomic E-state index is 0.0743. The molecule has 0 atom stereocenters. The number of rotatable bonds is 4. The molecule has 0 amide bonds. The highest BCUT2D eigenvalue weighted by Crippen LogP contribution is 2.37. The lowest BCUT2D eigenvalue weighted by molar-refractivity contribution is -0.384. The van der Waals surface area contributed by atoms with Gasteiger partial charge < -0.3 is 9.30 Å². The number of nitro groups is 1. The molecule has 0 saturated carbocycles. The molecule has 0 unspecified atom stereocenters. The summed E-state index contributed by atoms with van der Waals surface area (Å²) in [6.45, 7) is 0. The molecule has 0 bridgehead atoms. The van der Waals surface area contributed by atoms with Gasteiger partial charge in [0.15, 0.2) is 0 Å². The van der Waals surface area contributed by atoms with Crippen molar-refractivity contribution in [1.82, 2.24) is 4.57 Å². The maximum Gasteiger partial charge on any atom is 0.416 e. The Morgan fingerprint density at radius 2 is 1.82 bits per heavy atom. The molecule has 2 aromatic carbocycles. The van der Waals surface area contributed by atoms with Gasteiger partial charge in [-0.05, 0) is 30.3 Å². The van der Waals surface area contributed by atoms with Crippen LogP contribution in [-0.2, 0) is 13.2 Å². The van der Waals surface area contributed by atoms with E-state index >= 15 is 0 Å². The molecule has 144 valence electrons. The van der Waals surface area contributed by atoms with Gasteiger partial charge in [-0.2, -0.15) is 13.2 Å². The lowest BCUT2D eigenvalue weighted by Crippen LogP contribution is -2.14. The van der Waals surface area contributed by atoms with E-state index in [0.717, 1.165) is 12.1 Å². The van der Waals surface area contributed by atoms with Crippen LogP contribution in [0.5, 0.6) is 11.5 Å². The predicted molar refractivity (Wildman–Crippen MR) is 95.3 cm³/mol. The van der Waals surface area contributed by atoms with Crippen molar-refractivity contribution in [3.05, 3.63) is 86.8 Å². The lowest BCUT2D eigenvalue weighted by Gasteiger charge is -2.13. The van der Waals surface area contributed by atoms with E-state index in [1.807, 2.05) is 0 Å². The highest BCUT2D eigenvalue weighted by atomic mass is 19.4. The minimum Gasteiger partial charge on any atom is -0.457 e. The molecule has 1 heterocycles. The van der Waals surface area contributed by atoms with E-state index in [1.165, 1.54) is 60.3 Å². The zero-order chi connectivity index (χ0) is 20.5. The molecular weight excluding hydrogens is 377 g/mol. The van der Waals surface area contributed by atoms with Crippen LogP contribution in [0.1, 0.15) is 5.56 Å². The number of ether oxygens (including phenoxy) is 1. The summed E-state index contributed by atoms with van der Waals surface area (Å²) in [6, 6.07) is 10.8. The first-order valence-electron chi connectivity index (χ1n) is 7.96. The van der Waals surface area contributed by atoms with Gasteiger partial charge >= 0.3 is 6.18 Å². The topological polar surface area (TPSA) is 74.4 Å². The second-order valence-electron chi connectivity index (χ2n) is 5.93. The second-order valence-corrected chi connectivity index (χ2v) is 5.93. The van der Waals surface area contributed by atoms with Gasteiger partial charge in [-0.1, -0.05) is 6.07 Å². The van der Waals surface area contributed by atoms with E-state index < -0.39 is 16.7 Å². The lowest BCUT2D eigenvalue weighted by atomic mass is 10.1. The number of hydrogen-bond donors (Lipinski definition) is 0. The normalized spacial score (nSPS) is 11.3. The van der Waals surface area contributed by atoms with Gasteiger partial charge in [-0.15, -0.1) is 0 Å². The van der Waals surface area contributed by atoms with Crippen molar-refractivity contribution in [3.63, 3.8) is 0 Å². The summed E-state index contributed by atoms with van der Waals surface area (Å²) in [5.41, 5.74) is -0.680. The standard InChI is InChI=1S/C19H13F3N2O4/c1-23-11-12(5-8-18(23)25)16-10-14(24(26)27)6-7-17(16)28-15-4-2-3-13(9-15)19(20,21)22/h2-11H,1H3. The maximum absolute atomic E-state index is 12.9. The van der Waals surface area contributed by atoms with Crippen LogP contribution in [0.15, 0.2) is 65.6 Å². The van der Waals surface area contributed by atoms with E-state index in [2.05, 4.69) is 0 Å². The van der Waals surface area contributed by atoms with Gasteiger partial charge in [0.2, 0.25) is 5.56 Å². The minimum atomic E-state index is -4.53. The molecule has 0 radical (unpaired) electrons. The van der Waals surface area contributed by atoms with Crippen LogP contribution in [0, 0.1) is 10.1 Å². The summed E-state index contributed by atoms with van der Waals surface area (Å²) < 4.78 is 45.6. The first kappa shape index (κ1) is 19.2. The molecule has 6 nitrogen and oxygen atoms in total. The summed E-state index contributed by atoms with van der Waals surface area (Å²) in [5, 5.41) is 11.1. The molecular formula is C19H13F3N2O4. The van der Waals surface area contributed by atoms with Crippen molar-refractivity contribution in [2.75, 3.05) is 0 Å². The number of benzene rings is 2. The predicted octanol–water partition coefficient (Wildman–Crippen LogP) is 4.77. The molecule has 28 heavy (non-hydrogen) atoms. The third-order valence-corrected chi connectivity index (χ3v) is 3.96. The number of aryl methyl sites for hydroxylation is 1. The molecule has 3 rings (SSSR count). The fourth-order valence-corrected chi connectivity index (χ4v) is 2.56. The van der Waals surface area contributed by atoms with Gasteiger partial charge in [-0.25, -0.2) is 0 Å². The zero-order valence-corrected chi connectivity index (χ0v) is 14.4. The van der Waals surface area contributed by atoms with Gasteiger partial charge in [0.1, 0.15) is 11.5 Å². The van der Waals surface area contributed by atoms with Crippen LogP contribution in [0.4, 0.5) is 18.9 Å². The first-order chi connectivity index (χ1) is 13.1. The Hall–Kier alpha value is -3.62. The number of pyridine rings is 1. The fourth-order valence-electron chi connectivity index (χ4n) is 2.56.